The van der Waals surface area contributed by atoms with Crippen LogP contribution in [0.3, 0.4) is 0 Å². The summed E-state index contributed by atoms with van der Waals surface area (Å²) >= 11 is 0. The quantitative estimate of drug-likeness (QED) is 0.757. The standard InChI is InChI=1S/C24H31NO2/c1-17-14-18(2)19(3)23(15-17)27-20(4)24(26)25-12-10-22(11-13-25)16-21-8-6-5-7-9-21/h5-9,14-15,20,22H,10-13,16H2,1-4H3. The van der Waals surface area contributed by atoms with Crippen molar-refractivity contribution < 1.29 is 9.53 Å². The maximum absolute atomic E-state index is 12.8. The van der Waals surface area contributed by atoms with Gasteiger partial charge in [-0.15, -0.1) is 0 Å². The largest absolute Gasteiger partial charge is 0.481 e. The van der Waals surface area contributed by atoms with Crippen molar-refractivity contribution in [2.45, 2.75) is 53.1 Å². The van der Waals surface area contributed by atoms with Crippen molar-refractivity contribution in [3.05, 3.63) is 64.7 Å². The van der Waals surface area contributed by atoms with Crippen LogP contribution in [-0.2, 0) is 11.2 Å². The molecule has 1 saturated heterocycles. The Bertz CT molecular complexity index is 776. The highest BCUT2D eigenvalue weighted by Crippen LogP contribution is 2.26. The SMILES string of the molecule is Cc1cc(C)c(C)c(OC(C)C(=O)N2CCC(Cc3ccccc3)CC2)c1. The van der Waals surface area contributed by atoms with E-state index >= 15 is 0 Å². The lowest BCUT2D eigenvalue weighted by molar-refractivity contribution is -0.139. The number of likely N-dealkylation sites (tertiary alicyclic amines) is 1. The fourth-order valence-corrected chi connectivity index (χ4v) is 3.93. The molecule has 2 aromatic carbocycles. The smallest absolute Gasteiger partial charge is 0.263 e. The van der Waals surface area contributed by atoms with Crippen molar-refractivity contribution in [3.8, 4) is 5.75 Å². The van der Waals surface area contributed by atoms with Crippen molar-refractivity contribution >= 4 is 5.91 Å². The number of hydrogen-bond acceptors (Lipinski definition) is 2. The molecular weight excluding hydrogens is 334 g/mol. The third-order valence-electron chi connectivity index (χ3n) is 5.71. The molecule has 27 heavy (non-hydrogen) atoms. The normalized spacial score (nSPS) is 16.2. The van der Waals surface area contributed by atoms with Gasteiger partial charge in [-0.05, 0) is 81.2 Å². The van der Waals surface area contributed by atoms with E-state index in [0.717, 1.165) is 49.2 Å². The van der Waals surface area contributed by atoms with Crippen LogP contribution in [0.4, 0.5) is 0 Å². The highest BCUT2D eigenvalue weighted by Gasteiger charge is 2.27. The molecule has 144 valence electrons. The van der Waals surface area contributed by atoms with E-state index in [0.29, 0.717) is 5.92 Å². The number of rotatable bonds is 5. The second-order valence-electron chi connectivity index (χ2n) is 7.92. The van der Waals surface area contributed by atoms with Gasteiger partial charge in [-0.1, -0.05) is 36.4 Å². The minimum Gasteiger partial charge on any atom is -0.481 e. The number of aryl methyl sites for hydroxylation is 2. The molecule has 1 aliphatic rings. The summed E-state index contributed by atoms with van der Waals surface area (Å²) in [4.78, 5) is 14.8. The molecule has 3 rings (SSSR count). The molecule has 3 heteroatoms. The summed E-state index contributed by atoms with van der Waals surface area (Å²) in [5.41, 5.74) is 4.87. The number of piperidine rings is 1. The monoisotopic (exact) mass is 365 g/mol. The van der Waals surface area contributed by atoms with Gasteiger partial charge in [-0.2, -0.15) is 0 Å². The van der Waals surface area contributed by atoms with E-state index in [1.54, 1.807) is 0 Å². The lowest BCUT2D eigenvalue weighted by Crippen LogP contribution is -2.45. The third kappa shape index (κ3) is 4.91. The predicted molar refractivity (Wildman–Crippen MR) is 110 cm³/mol. The van der Waals surface area contributed by atoms with Gasteiger partial charge in [0.2, 0.25) is 0 Å². The Labute approximate surface area is 163 Å². The molecule has 0 saturated carbocycles. The summed E-state index contributed by atoms with van der Waals surface area (Å²) < 4.78 is 6.05. The molecule has 1 aliphatic heterocycles. The minimum atomic E-state index is -0.449. The molecule has 0 N–H and O–H groups in total. The Morgan fingerprint density at radius 3 is 2.44 bits per heavy atom. The summed E-state index contributed by atoms with van der Waals surface area (Å²) in [6, 6.07) is 14.8. The Kier molecular flexibility index (Phi) is 6.20. The van der Waals surface area contributed by atoms with Crippen LogP contribution in [0.25, 0.3) is 0 Å². The molecule has 1 unspecified atom stereocenters. The van der Waals surface area contributed by atoms with E-state index in [1.807, 2.05) is 17.9 Å². The Balaban J connectivity index is 1.54. The van der Waals surface area contributed by atoms with Crippen molar-refractivity contribution in [1.29, 1.82) is 0 Å². The highest BCUT2D eigenvalue weighted by atomic mass is 16.5. The van der Waals surface area contributed by atoms with Crippen LogP contribution >= 0.6 is 0 Å². The lowest BCUT2D eigenvalue weighted by atomic mass is 9.90. The van der Waals surface area contributed by atoms with Crippen LogP contribution < -0.4 is 4.74 Å². The zero-order valence-electron chi connectivity index (χ0n) is 17.0. The van der Waals surface area contributed by atoms with Gasteiger partial charge in [0.1, 0.15) is 5.75 Å². The number of hydrogen-bond donors (Lipinski definition) is 0. The first-order chi connectivity index (χ1) is 12.9. The van der Waals surface area contributed by atoms with Gasteiger partial charge in [0.25, 0.3) is 5.91 Å². The lowest BCUT2D eigenvalue weighted by Gasteiger charge is -2.33. The number of carbonyl (C=O) groups excluding carboxylic acids is 1. The highest BCUT2D eigenvalue weighted by molar-refractivity contribution is 5.81. The molecule has 0 bridgehead atoms. The predicted octanol–water partition coefficient (Wildman–Crippen LogP) is 4.86. The van der Waals surface area contributed by atoms with Crippen molar-refractivity contribution in [2.24, 2.45) is 5.92 Å². The zero-order valence-corrected chi connectivity index (χ0v) is 17.0. The van der Waals surface area contributed by atoms with E-state index in [9.17, 15) is 4.79 Å². The van der Waals surface area contributed by atoms with E-state index in [1.165, 1.54) is 11.1 Å². The first-order valence-corrected chi connectivity index (χ1v) is 10.0. The van der Waals surface area contributed by atoms with Crippen LogP contribution in [0.1, 0.15) is 42.0 Å². The zero-order chi connectivity index (χ0) is 19.4. The maximum Gasteiger partial charge on any atom is 0.263 e. The fourth-order valence-electron chi connectivity index (χ4n) is 3.93. The van der Waals surface area contributed by atoms with E-state index < -0.39 is 6.10 Å². The molecule has 1 atom stereocenters. The van der Waals surface area contributed by atoms with Crippen molar-refractivity contribution in [2.75, 3.05) is 13.1 Å². The molecule has 0 radical (unpaired) electrons. The number of carbonyl (C=O) groups is 1. The van der Waals surface area contributed by atoms with E-state index in [-0.39, 0.29) is 5.91 Å². The fraction of sp³-hybridized carbons (Fsp3) is 0.458. The van der Waals surface area contributed by atoms with E-state index in [4.69, 9.17) is 4.74 Å². The van der Waals surface area contributed by atoms with Gasteiger partial charge in [-0.25, -0.2) is 0 Å². The Morgan fingerprint density at radius 1 is 1.11 bits per heavy atom. The molecule has 2 aromatic rings. The van der Waals surface area contributed by atoms with Gasteiger partial charge < -0.3 is 9.64 Å². The average Bonchev–Trinajstić information content (AvgIpc) is 2.66. The number of amides is 1. The summed E-state index contributed by atoms with van der Waals surface area (Å²) in [6.07, 6.45) is 2.79. The summed E-state index contributed by atoms with van der Waals surface area (Å²) in [7, 11) is 0. The summed E-state index contributed by atoms with van der Waals surface area (Å²) in [5, 5.41) is 0. The van der Waals surface area contributed by atoms with Gasteiger partial charge in [0.15, 0.2) is 6.10 Å². The molecule has 0 aromatic heterocycles. The Morgan fingerprint density at radius 2 is 1.78 bits per heavy atom. The second kappa shape index (κ2) is 8.60. The molecule has 0 spiro atoms. The summed E-state index contributed by atoms with van der Waals surface area (Å²) in [5.74, 6) is 1.59. The van der Waals surface area contributed by atoms with Crippen LogP contribution in [-0.4, -0.2) is 30.0 Å². The first kappa shape index (κ1) is 19.5. The van der Waals surface area contributed by atoms with Crippen LogP contribution in [0.5, 0.6) is 5.75 Å². The topological polar surface area (TPSA) is 29.5 Å². The molecule has 1 fully saturated rings. The first-order valence-electron chi connectivity index (χ1n) is 10.0. The molecule has 1 amide bonds. The van der Waals surface area contributed by atoms with Crippen molar-refractivity contribution in [3.63, 3.8) is 0 Å². The van der Waals surface area contributed by atoms with Gasteiger partial charge in [0, 0.05) is 13.1 Å². The average molecular weight is 366 g/mol. The number of ether oxygens (including phenoxy) is 1. The molecule has 1 heterocycles. The van der Waals surface area contributed by atoms with Crippen LogP contribution in [0.15, 0.2) is 42.5 Å². The van der Waals surface area contributed by atoms with Gasteiger partial charge in [0.05, 0.1) is 0 Å². The molecule has 0 aliphatic carbocycles. The molecular formula is C24H31NO2. The summed E-state index contributed by atoms with van der Waals surface area (Å²) in [6.45, 7) is 9.72. The van der Waals surface area contributed by atoms with Gasteiger partial charge in [-0.3, -0.25) is 4.79 Å². The third-order valence-corrected chi connectivity index (χ3v) is 5.71. The number of benzene rings is 2. The maximum atomic E-state index is 12.8. The van der Waals surface area contributed by atoms with Gasteiger partial charge >= 0.3 is 0 Å². The Hall–Kier alpha value is -2.29. The van der Waals surface area contributed by atoms with Crippen molar-refractivity contribution in [1.82, 2.24) is 4.90 Å². The minimum absolute atomic E-state index is 0.103. The molecule has 3 nitrogen and oxygen atoms in total. The number of nitrogens with zero attached hydrogens (tertiary/aromatic N) is 1. The van der Waals surface area contributed by atoms with E-state index in [2.05, 4.69) is 57.2 Å². The van der Waals surface area contributed by atoms with Crippen LogP contribution in [0.2, 0.25) is 0 Å². The van der Waals surface area contributed by atoms with Crippen LogP contribution in [0, 0.1) is 26.7 Å². The second-order valence-corrected chi connectivity index (χ2v) is 7.92.